The lowest BCUT2D eigenvalue weighted by Crippen LogP contribution is -1.99. The number of aromatic nitrogens is 1. The molecule has 4 nitrogen and oxygen atoms in total. The summed E-state index contributed by atoms with van der Waals surface area (Å²) in [5, 5.41) is 9.17. The molecule has 0 fully saturated rings. The fourth-order valence-electron chi connectivity index (χ4n) is 1.22. The predicted molar refractivity (Wildman–Crippen MR) is 62.7 cm³/mol. The van der Waals surface area contributed by atoms with E-state index in [0.717, 1.165) is 0 Å². The number of hydrogen-bond donors (Lipinski definition) is 1. The summed E-state index contributed by atoms with van der Waals surface area (Å²) in [7, 11) is 0. The molecule has 2 rings (SSSR count). The van der Waals surface area contributed by atoms with Gasteiger partial charge in [0.2, 0.25) is 0 Å². The highest BCUT2D eigenvalue weighted by molar-refractivity contribution is 6.32. The maximum Gasteiger partial charge on any atom is 0.354 e. The first-order valence-corrected chi connectivity index (χ1v) is 5.16. The van der Waals surface area contributed by atoms with Gasteiger partial charge >= 0.3 is 5.97 Å². The van der Waals surface area contributed by atoms with E-state index < -0.39 is 5.97 Å². The van der Waals surface area contributed by atoms with Crippen molar-refractivity contribution in [3.05, 3.63) is 53.3 Å². The average Bonchev–Trinajstić information content (AvgIpc) is 2.33. The highest BCUT2D eigenvalue weighted by Gasteiger charge is 2.05. The van der Waals surface area contributed by atoms with E-state index in [2.05, 4.69) is 4.98 Å². The third-order valence-corrected chi connectivity index (χ3v) is 2.33. The Morgan fingerprint density at radius 3 is 2.59 bits per heavy atom. The van der Waals surface area contributed by atoms with Crippen molar-refractivity contribution >= 4 is 17.6 Å². The Kier molecular flexibility index (Phi) is 3.25. The lowest BCUT2D eigenvalue weighted by Gasteiger charge is -2.06. The van der Waals surface area contributed by atoms with Gasteiger partial charge in [-0.2, -0.15) is 0 Å². The molecular formula is C12H8ClNO3. The van der Waals surface area contributed by atoms with Crippen molar-refractivity contribution in [3.63, 3.8) is 0 Å². The Labute approximate surface area is 102 Å². The van der Waals surface area contributed by atoms with Crippen molar-refractivity contribution in [2.24, 2.45) is 0 Å². The SMILES string of the molecule is O=C(O)c1ccc(Oc2ccccc2Cl)cn1. The number of carbonyl (C=O) groups is 1. The molecule has 86 valence electrons. The lowest BCUT2D eigenvalue weighted by atomic mass is 10.3. The molecular weight excluding hydrogens is 242 g/mol. The Balaban J connectivity index is 2.20. The first-order chi connectivity index (χ1) is 8.16. The van der Waals surface area contributed by atoms with E-state index in [0.29, 0.717) is 16.5 Å². The second-order valence-corrected chi connectivity index (χ2v) is 3.62. The molecule has 1 heterocycles. The van der Waals surface area contributed by atoms with Gasteiger partial charge < -0.3 is 9.84 Å². The Morgan fingerprint density at radius 2 is 2.00 bits per heavy atom. The predicted octanol–water partition coefficient (Wildman–Crippen LogP) is 3.23. The summed E-state index contributed by atoms with van der Waals surface area (Å²) in [4.78, 5) is 14.3. The Bertz CT molecular complexity index is 540. The van der Waals surface area contributed by atoms with Crippen molar-refractivity contribution < 1.29 is 14.6 Å². The number of rotatable bonds is 3. The molecule has 0 aliphatic rings. The van der Waals surface area contributed by atoms with Crippen LogP contribution < -0.4 is 4.74 Å². The van der Waals surface area contributed by atoms with Gasteiger partial charge in [-0.25, -0.2) is 9.78 Å². The minimum atomic E-state index is -1.07. The van der Waals surface area contributed by atoms with E-state index in [1.165, 1.54) is 18.3 Å². The van der Waals surface area contributed by atoms with Crippen LogP contribution in [0.15, 0.2) is 42.6 Å². The summed E-state index contributed by atoms with van der Waals surface area (Å²) < 4.78 is 5.46. The van der Waals surface area contributed by atoms with Crippen LogP contribution in [0.4, 0.5) is 0 Å². The van der Waals surface area contributed by atoms with Gasteiger partial charge in [-0.05, 0) is 24.3 Å². The summed E-state index contributed by atoms with van der Waals surface area (Å²) in [6, 6.07) is 9.90. The van der Waals surface area contributed by atoms with Gasteiger partial charge in [0.15, 0.2) is 0 Å². The molecule has 0 saturated carbocycles. The smallest absolute Gasteiger partial charge is 0.354 e. The number of carboxylic acids is 1. The van der Waals surface area contributed by atoms with E-state index in [1.807, 2.05) is 0 Å². The molecule has 1 aromatic heterocycles. The normalized spacial score (nSPS) is 9.94. The van der Waals surface area contributed by atoms with Gasteiger partial charge in [-0.15, -0.1) is 0 Å². The van der Waals surface area contributed by atoms with Crippen molar-refractivity contribution in [3.8, 4) is 11.5 Å². The van der Waals surface area contributed by atoms with E-state index in [1.54, 1.807) is 24.3 Å². The van der Waals surface area contributed by atoms with Crippen LogP contribution in [0.25, 0.3) is 0 Å². The number of ether oxygens (including phenoxy) is 1. The molecule has 0 aliphatic carbocycles. The third-order valence-electron chi connectivity index (χ3n) is 2.02. The average molecular weight is 250 g/mol. The van der Waals surface area contributed by atoms with Crippen LogP contribution in [-0.2, 0) is 0 Å². The van der Waals surface area contributed by atoms with Crippen molar-refractivity contribution in [1.82, 2.24) is 4.98 Å². The zero-order valence-corrected chi connectivity index (χ0v) is 9.39. The van der Waals surface area contributed by atoms with Crippen LogP contribution in [0.1, 0.15) is 10.5 Å². The number of carboxylic acid groups (broad SMARTS) is 1. The van der Waals surface area contributed by atoms with Crippen molar-refractivity contribution in [2.45, 2.75) is 0 Å². The Morgan fingerprint density at radius 1 is 1.24 bits per heavy atom. The first kappa shape index (κ1) is 11.4. The van der Waals surface area contributed by atoms with E-state index in [9.17, 15) is 4.79 Å². The van der Waals surface area contributed by atoms with E-state index >= 15 is 0 Å². The molecule has 5 heteroatoms. The molecule has 0 atom stereocenters. The summed E-state index contributed by atoms with van der Waals surface area (Å²) in [6.07, 6.45) is 1.34. The standard InChI is InChI=1S/C12H8ClNO3/c13-9-3-1-2-4-11(9)17-8-5-6-10(12(15)16)14-7-8/h1-7H,(H,15,16). The van der Waals surface area contributed by atoms with Crippen molar-refractivity contribution in [1.29, 1.82) is 0 Å². The van der Waals surface area contributed by atoms with Crippen LogP contribution in [0.2, 0.25) is 5.02 Å². The highest BCUT2D eigenvalue weighted by atomic mass is 35.5. The molecule has 0 saturated heterocycles. The highest BCUT2D eigenvalue weighted by Crippen LogP contribution is 2.28. The number of hydrogen-bond acceptors (Lipinski definition) is 3. The first-order valence-electron chi connectivity index (χ1n) is 4.78. The second-order valence-electron chi connectivity index (χ2n) is 3.22. The number of pyridine rings is 1. The second kappa shape index (κ2) is 4.84. The van der Waals surface area contributed by atoms with Gasteiger partial charge in [-0.1, -0.05) is 23.7 Å². The van der Waals surface area contributed by atoms with Gasteiger partial charge in [-0.3, -0.25) is 0 Å². The van der Waals surface area contributed by atoms with Crippen LogP contribution in [-0.4, -0.2) is 16.1 Å². The molecule has 0 aliphatic heterocycles. The number of benzene rings is 1. The molecule has 2 aromatic rings. The molecule has 0 amide bonds. The number of halogens is 1. The Hall–Kier alpha value is -2.07. The van der Waals surface area contributed by atoms with Crippen LogP contribution in [0.3, 0.4) is 0 Å². The lowest BCUT2D eigenvalue weighted by molar-refractivity contribution is 0.0690. The zero-order chi connectivity index (χ0) is 12.3. The molecule has 1 N–H and O–H groups in total. The van der Waals surface area contributed by atoms with Crippen molar-refractivity contribution in [2.75, 3.05) is 0 Å². The van der Waals surface area contributed by atoms with Gasteiger partial charge in [0.25, 0.3) is 0 Å². The summed E-state index contributed by atoms with van der Waals surface area (Å²) in [5.41, 5.74) is -0.0310. The minimum Gasteiger partial charge on any atom is -0.477 e. The van der Waals surface area contributed by atoms with Gasteiger partial charge in [0, 0.05) is 0 Å². The largest absolute Gasteiger partial charge is 0.477 e. The molecule has 17 heavy (non-hydrogen) atoms. The summed E-state index contributed by atoms with van der Waals surface area (Å²) >= 11 is 5.92. The van der Waals surface area contributed by atoms with Crippen LogP contribution in [0.5, 0.6) is 11.5 Å². The quantitative estimate of drug-likeness (QED) is 0.907. The minimum absolute atomic E-state index is 0.0310. The van der Waals surface area contributed by atoms with E-state index in [4.69, 9.17) is 21.4 Å². The topological polar surface area (TPSA) is 59.4 Å². The summed E-state index contributed by atoms with van der Waals surface area (Å²) in [6.45, 7) is 0. The monoisotopic (exact) mass is 249 g/mol. The third kappa shape index (κ3) is 2.73. The van der Waals surface area contributed by atoms with Crippen LogP contribution in [0, 0.1) is 0 Å². The molecule has 0 bridgehead atoms. The van der Waals surface area contributed by atoms with Gasteiger partial charge in [0.05, 0.1) is 11.2 Å². The molecule has 0 spiro atoms. The maximum absolute atomic E-state index is 10.6. The summed E-state index contributed by atoms with van der Waals surface area (Å²) in [5.74, 6) is -0.142. The molecule has 1 aromatic carbocycles. The van der Waals surface area contributed by atoms with Gasteiger partial charge in [0.1, 0.15) is 17.2 Å². The van der Waals surface area contributed by atoms with Crippen LogP contribution >= 0.6 is 11.6 Å². The molecule has 0 unspecified atom stereocenters. The zero-order valence-electron chi connectivity index (χ0n) is 8.63. The maximum atomic E-state index is 10.6. The van der Waals surface area contributed by atoms with E-state index in [-0.39, 0.29) is 5.69 Å². The fourth-order valence-corrected chi connectivity index (χ4v) is 1.40. The number of aromatic carboxylic acids is 1. The fraction of sp³-hybridized carbons (Fsp3) is 0. The number of para-hydroxylation sites is 1. The number of nitrogens with zero attached hydrogens (tertiary/aromatic N) is 1. The molecule has 0 radical (unpaired) electrons.